The van der Waals surface area contributed by atoms with Gasteiger partial charge in [0, 0.05) is 24.1 Å². The normalized spacial score (nSPS) is 19.0. The molecule has 0 bridgehead atoms. The summed E-state index contributed by atoms with van der Waals surface area (Å²) in [5.41, 5.74) is 0.457. The van der Waals surface area contributed by atoms with Crippen molar-refractivity contribution in [2.24, 2.45) is 0 Å². The van der Waals surface area contributed by atoms with E-state index in [1.165, 1.54) is 19.2 Å². The Morgan fingerprint density at radius 2 is 1.91 bits per heavy atom. The van der Waals surface area contributed by atoms with E-state index in [0.717, 1.165) is 4.90 Å². The number of carboxylic acid groups (broad SMARTS) is 1. The van der Waals surface area contributed by atoms with Crippen molar-refractivity contribution in [3.63, 3.8) is 0 Å². The van der Waals surface area contributed by atoms with Crippen LogP contribution >= 0.6 is 0 Å². The summed E-state index contributed by atoms with van der Waals surface area (Å²) in [5, 5.41) is 8.68. The predicted octanol–water partition coefficient (Wildman–Crippen LogP) is 3.14. The van der Waals surface area contributed by atoms with Gasteiger partial charge in [-0.3, -0.25) is 9.59 Å². The third kappa shape index (κ3) is 3.81. The first kappa shape index (κ1) is 18.1. The number of amides is 1. The van der Waals surface area contributed by atoms with Crippen molar-refractivity contribution in [2.45, 2.75) is 39.3 Å². The molecule has 6 heteroatoms. The second-order valence-electron chi connectivity index (χ2n) is 5.07. The summed E-state index contributed by atoms with van der Waals surface area (Å²) in [4.78, 5) is 23.8. The number of nitrogens with zero attached hydrogens (tertiary/aromatic N) is 1. The number of halogens is 2. The van der Waals surface area contributed by atoms with Crippen molar-refractivity contribution in [1.29, 1.82) is 0 Å². The van der Waals surface area contributed by atoms with Crippen LogP contribution in [0.25, 0.3) is 0 Å². The molecule has 4 nitrogen and oxygen atoms in total. The van der Waals surface area contributed by atoms with E-state index in [1.54, 1.807) is 6.92 Å². The fourth-order valence-electron chi connectivity index (χ4n) is 2.19. The fraction of sp³-hybridized carbons (Fsp3) is 0.500. The minimum atomic E-state index is -1.16. The Hall–Kier alpha value is -1.98. The monoisotopic (exact) mass is 313 g/mol. The van der Waals surface area contributed by atoms with Crippen LogP contribution in [0.15, 0.2) is 12.1 Å². The van der Waals surface area contributed by atoms with Gasteiger partial charge in [-0.2, -0.15) is 0 Å². The van der Waals surface area contributed by atoms with Crippen LogP contribution in [0.3, 0.4) is 0 Å². The number of hydrogen-bond acceptors (Lipinski definition) is 2. The third-order valence-electron chi connectivity index (χ3n) is 3.41. The summed E-state index contributed by atoms with van der Waals surface area (Å²) in [7, 11) is 1.32. The molecule has 1 aliphatic rings. The lowest BCUT2D eigenvalue weighted by Crippen LogP contribution is -2.32. The molecule has 22 heavy (non-hydrogen) atoms. The minimum Gasteiger partial charge on any atom is -0.480 e. The van der Waals surface area contributed by atoms with Gasteiger partial charge in [-0.15, -0.1) is 0 Å². The van der Waals surface area contributed by atoms with Crippen LogP contribution < -0.4 is 0 Å². The second kappa shape index (κ2) is 7.33. The highest BCUT2D eigenvalue weighted by Crippen LogP contribution is 2.46. The van der Waals surface area contributed by atoms with Gasteiger partial charge in [0.25, 0.3) is 5.91 Å². The Balaban J connectivity index is 0.00000116. The molecule has 0 saturated heterocycles. The van der Waals surface area contributed by atoms with E-state index < -0.39 is 36.3 Å². The minimum absolute atomic E-state index is 0.0435. The van der Waals surface area contributed by atoms with Gasteiger partial charge in [-0.25, -0.2) is 8.78 Å². The van der Waals surface area contributed by atoms with Crippen molar-refractivity contribution >= 4 is 11.9 Å². The van der Waals surface area contributed by atoms with E-state index in [2.05, 4.69) is 0 Å². The molecule has 0 spiro atoms. The number of carbonyl (C=O) groups is 2. The van der Waals surface area contributed by atoms with Gasteiger partial charge < -0.3 is 10.0 Å². The average molecular weight is 313 g/mol. The molecule has 0 radical (unpaired) electrons. The second-order valence-corrected chi connectivity index (χ2v) is 5.07. The number of aryl methyl sites for hydroxylation is 1. The SMILES string of the molecule is CC.Cc1ccc(C(=O)N(C)CC(=O)O)c(C2C[C@H]2F)c1F. The molecule has 2 rings (SSSR count). The molecular weight excluding hydrogens is 292 g/mol. The van der Waals surface area contributed by atoms with Gasteiger partial charge in [-0.1, -0.05) is 19.9 Å². The number of rotatable bonds is 4. The van der Waals surface area contributed by atoms with Crippen LogP contribution in [0, 0.1) is 12.7 Å². The van der Waals surface area contributed by atoms with E-state index >= 15 is 0 Å². The molecule has 2 atom stereocenters. The first-order valence-corrected chi connectivity index (χ1v) is 7.23. The van der Waals surface area contributed by atoms with E-state index in [0.29, 0.717) is 5.56 Å². The molecule has 1 aromatic rings. The van der Waals surface area contributed by atoms with Crippen molar-refractivity contribution in [3.8, 4) is 0 Å². The zero-order chi connectivity index (χ0) is 17.0. The summed E-state index contributed by atoms with van der Waals surface area (Å²) < 4.78 is 27.4. The maximum absolute atomic E-state index is 14.2. The van der Waals surface area contributed by atoms with Gasteiger partial charge in [0.1, 0.15) is 18.5 Å². The van der Waals surface area contributed by atoms with E-state index in [4.69, 9.17) is 5.11 Å². The quantitative estimate of drug-likeness (QED) is 0.929. The number of carbonyl (C=O) groups excluding carboxylic acids is 1. The van der Waals surface area contributed by atoms with Crippen LogP contribution in [-0.4, -0.2) is 41.6 Å². The summed E-state index contributed by atoms with van der Waals surface area (Å²) in [5.74, 6) is -2.96. The average Bonchev–Trinajstić information content (AvgIpc) is 3.18. The van der Waals surface area contributed by atoms with Crippen molar-refractivity contribution in [1.82, 2.24) is 4.90 Å². The number of alkyl halides is 1. The molecule has 122 valence electrons. The number of carboxylic acids is 1. The van der Waals surface area contributed by atoms with Crippen LogP contribution in [-0.2, 0) is 4.79 Å². The Labute approximate surface area is 128 Å². The maximum atomic E-state index is 14.2. The van der Waals surface area contributed by atoms with Gasteiger partial charge in [-0.05, 0) is 25.0 Å². The number of likely N-dealkylation sites (N-methyl/N-ethyl adjacent to an activating group) is 1. The van der Waals surface area contributed by atoms with Gasteiger partial charge >= 0.3 is 5.97 Å². The van der Waals surface area contributed by atoms with Crippen LogP contribution in [0.2, 0.25) is 0 Å². The summed E-state index contributed by atoms with van der Waals surface area (Å²) in [6.45, 7) is 5.06. The molecule has 0 aliphatic heterocycles. The molecule has 1 aliphatic carbocycles. The Kier molecular flexibility index (Phi) is 6.02. The van der Waals surface area contributed by atoms with Crippen LogP contribution in [0.1, 0.15) is 47.7 Å². The molecule has 1 saturated carbocycles. The first-order chi connectivity index (χ1) is 10.3. The predicted molar refractivity (Wildman–Crippen MR) is 79.3 cm³/mol. The Morgan fingerprint density at radius 3 is 2.36 bits per heavy atom. The molecular formula is C16H21F2NO3. The molecule has 1 unspecified atom stereocenters. The van der Waals surface area contributed by atoms with E-state index in [-0.39, 0.29) is 17.5 Å². The van der Waals surface area contributed by atoms with Crippen molar-refractivity contribution < 1.29 is 23.5 Å². The largest absolute Gasteiger partial charge is 0.480 e. The molecule has 0 aromatic heterocycles. The molecule has 1 fully saturated rings. The van der Waals surface area contributed by atoms with Crippen LogP contribution in [0.5, 0.6) is 0 Å². The topological polar surface area (TPSA) is 57.6 Å². The van der Waals surface area contributed by atoms with Crippen molar-refractivity contribution in [3.05, 3.63) is 34.6 Å². The highest BCUT2D eigenvalue weighted by molar-refractivity contribution is 5.97. The van der Waals surface area contributed by atoms with Crippen LogP contribution in [0.4, 0.5) is 8.78 Å². The van der Waals surface area contributed by atoms with Crippen molar-refractivity contribution in [2.75, 3.05) is 13.6 Å². The highest BCUT2D eigenvalue weighted by Gasteiger charge is 2.43. The number of hydrogen-bond donors (Lipinski definition) is 1. The van der Waals surface area contributed by atoms with Gasteiger partial charge in [0.2, 0.25) is 0 Å². The molecule has 1 N–H and O–H groups in total. The molecule has 1 amide bonds. The summed E-state index contributed by atoms with van der Waals surface area (Å²) >= 11 is 0. The molecule has 1 aromatic carbocycles. The third-order valence-corrected chi connectivity index (χ3v) is 3.41. The Bertz CT molecular complexity index is 575. The Morgan fingerprint density at radius 1 is 1.36 bits per heavy atom. The maximum Gasteiger partial charge on any atom is 0.323 e. The molecule has 0 heterocycles. The van der Waals surface area contributed by atoms with E-state index in [1.807, 2.05) is 13.8 Å². The summed E-state index contributed by atoms with van der Waals surface area (Å²) in [6.07, 6.45) is -0.939. The zero-order valence-electron chi connectivity index (χ0n) is 13.2. The smallest absolute Gasteiger partial charge is 0.323 e. The highest BCUT2D eigenvalue weighted by atomic mass is 19.1. The lowest BCUT2D eigenvalue weighted by molar-refractivity contribution is -0.137. The number of aliphatic carboxylic acids is 1. The lowest BCUT2D eigenvalue weighted by Gasteiger charge is -2.18. The lowest BCUT2D eigenvalue weighted by atomic mass is 9.98. The zero-order valence-corrected chi connectivity index (χ0v) is 13.2. The fourth-order valence-corrected chi connectivity index (χ4v) is 2.19. The first-order valence-electron chi connectivity index (χ1n) is 7.23. The summed E-state index contributed by atoms with van der Waals surface area (Å²) in [6, 6.07) is 2.87. The van der Waals surface area contributed by atoms with Gasteiger partial charge in [0.15, 0.2) is 0 Å². The number of benzene rings is 1. The van der Waals surface area contributed by atoms with E-state index in [9.17, 15) is 18.4 Å². The standard InChI is InChI=1S/C14H15F2NO3.C2H6/c1-7-3-4-8(14(20)17(2)6-11(18)19)12(13(7)16)9-5-10(9)15;1-2/h3-4,9-10H,5-6H2,1-2H3,(H,18,19);1-2H3/t9?,10-;/m1./s1. The van der Waals surface area contributed by atoms with Gasteiger partial charge in [0.05, 0.1) is 0 Å².